The highest BCUT2D eigenvalue weighted by atomic mass is 16.8. The quantitative estimate of drug-likeness (QED) is 0.742. The molecule has 0 aromatic carbocycles. The molecule has 21 heavy (non-hydrogen) atoms. The SMILES string of the molecule is C/C=C/OC1C(C2COC(C)(C)O2)OC2OC(C)(C)OC21. The lowest BCUT2D eigenvalue weighted by atomic mass is 10.1. The second kappa shape index (κ2) is 5.21. The van der Waals surface area contributed by atoms with Gasteiger partial charge in [-0.1, -0.05) is 6.08 Å². The molecule has 0 aromatic rings. The van der Waals surface area contributed by atoms with Crippen molar-refractivity contribution in [3.63, 3.8) is 0 Å². The maximum atomic E-state index is 6.00. The minimum absolute atomic E-state index is 0.198. The lowest BCUT2D eigenvalue weighted by Crippen LogP contribution is -2.43. The van der Waals surface area contributed by atoms with Crippen LogP contribution in [0.5, 0.6) is 0 Å². The summed E-state index contributed by atoms with van der Waals surface area (Å²) in [5.41, 5.74) is 0. The van der Waals surface area contributed by atoms with E-state index in [1.807, 2.05) is 40.7 Å². The van der Waals surface area contributed by atoms with E-state index < -0.39 is 17.9 Å². The van der Waals surface area contributed by atoms with E-state index in [1.54, 1.807) is 6.26 Å². The molecule has 3 aliphatic rings. The zero-order chi connectivity index (χ0) is 15.3. The van der Waals surface area contributed by atoms with Gasteiger partial charge in [-0.25, -0.2) is 0 Å². The number of hydrogen-bond acceptors (Lipinski definition) is 6. The van der Waals surface area contributed by atoms with Crippen LogP contribution in [0.15, 0.2) is 12.3 Å². The van der Waals surface area contributed by atoms with Crippen LogP contribution in [0.3, 0.4) is 0 Å². The van der Waals surface area contributed by atoms with Gasteiger partial charge in [0.1, 0.15) is 12.2 Å². The molecule has 0 aliphatic carbocycles. The van der Waals surface area contributed by atoms with E-state index in [1.165, 1.54) is 0 Å². The molecule has 0 bridgehead atoms. The van der Waals surface area contributed by atoms with Gasteiger partial charge in [0, 0.05) is 0 Å². The lowest BCUT2D eigenvalue weighted by Gasteiger charge is -2.28. The van der Waals surface area contributed by atoms with Gasteiger partial charge in [-0.05, 0) is 34.6 Å². The highest BCUT2D eigenvalue weighted by Gasteiger charge is 2.59. The molecule has 5 atom stereocenters. The number of hydrogen-bond donors (Lipinski definition) is 0. The van der Waals surface area contributed by atoms with Gasteiger partial charge in [0.2, 0.25) is 0 Å². The maximum absolute atomic E-state index is 6.00. The Morgan fingerprint density at radius 3 is 2.38 bits per heavy atom. The van der Waals surface area contributed by atoms with Gasteiger partial charge >= 0.3 is 0 Å². The molecule has 3 aliphatic heterocycles. The molecule has 3 rings (SSSR count). The smallest absolute Gasteiger partial charge is 0.191 e. The van der Waals surface area contributed by atoms with E-state index in [0.717, 1.165) is 0 Å². The molecule has 120 valence electrons. The van der Waals surface area contributed by atoms with Crippen LogP contribution in [-0.4, -0.2) is 48.9 Å². The van der Waals surface area contributed by atoms with Crippen LogP contribution in [0.25, 0.3) is 0 Å². The summed E-state index contributed by atoms with van der Waals surface area (Å²) in [6.07, 6.45) is 2.02. The summed E-state index contributed by atoms with van der Waals surface area (Å²) in [7, 11) is 0. The third-order valence-electron chi connectivity index (χ3n) is 3.80. The number of rotatable bonds is 3. The van der Waals surface area contributed by atoms with Crippen LogP contribution in [0, 0.1) is 0 Å². The van der Waals surface area contributed by atoms with E-state index in [0.29, 0.717) is 6.61 Å². The molecule has 0 saturated carbocycles. The first-order chi connectivity index (χ1) is 9.81. The summed E-state index contributed by atoms with van der Waals surface area (Å²) < 4.78 is 35.0. The minimum atomic E-state index is -0.663. The maximum Gasteiger partial charge on any atom is 0.191 e. The molecular formula is C15H24O6. The largest absolute Gasteiger partial charge is 0.493 e. The van der Waals surface area contributed by atoms with Crippen molar-refractivity contribution in [3.05, 3.63) is 12.3 Å². The Morgan fingerprint density at radius 2 is 1.76 bits per heavy atom. The normalized spacial score (nSPS) is 44.3. The molecule has 6 nitrogen and oxygen atoms in total. The molecular weight excluding hydrogens is 276 g/mol. The van der Waals surface area contributed by atoms with Crippen molar-refractivity contribution >= 4 is 0 Å². The Labute approximate surface area is 125 Å². The summed E-state index contributed by atoms with van der Waals surface area (Å²) in [5, 5.41) is 0. The van der Waals surface area contributed by atoms with Crippen molar-refractivity contribution < 1.29 is 28.4 Å². The zero-order valence-corrected chi connectivity index (χ0v) is 13.2. The Balaban J connectivity index is 1.75. The first-order valence-corrected chi connectivity index (χ1v) is 7.41. The predicted octanol–water partition coefficient (Wildman–Crippen LogP) is 1.93. The van der Waals surface area contributed by atoms with Gasteiger partial charge in [0.15, 0.2) is 30.1 Å². The first kappa shape index (κ1) is 15.2. The Morgan fingerprint density at radius 1 is 1.00 bits per heavy atom. The molecule has 0 amide bonds. The Kier molecular flexibility index (Phi) is 3.78. The zero-order valence-electron chi connectivity index (χ0n) is 13.2. The van der Waals surface area contributed by atoms with Crippen molar-refractivity contribution in [2.24, 2.45) is 0 Å². The third kappa shape index (κ3) is 2.96. The lowest BCUT2D eigenvalue weighted by molar-refractivity contribution is -0.232. The molecule has 5 unspecified atom stereocenters. The van der Waals surface area contributed by atoms with E-state index in [2.05, 4.69) is 0 Å². The Hall–Kier alpha value is -0.660. The van der Waals surface area contributed by atoms with E-state index in [4.69, 9.17) is 28.4 Å². The fourth-order valence-electron chi connectivity index (χ4n) is 3.00. The van der Waals surface area contributed by atoms with Crippen LogP contribution >= 0.6 is 0 Å². The molecule has 3 saturated heterocycles. The van der Waals surface area contributed by atoms with E-state index in [9.17, 15) is 0 Å². The molecule has 3 fully saturated rings. The average molecular weight is 300 g/mol. The summed E-state index contributed by atoms with van der Waals surface area (Å²) in [6.45, 7) is 9.89. The van der Waals surface area contributed by atoms with Crippen LogP contribution in [0.2, 0.25) is 0 Å². The highest BCUT2D eigenvalue weighted by molar-refractivity contribution is 4.99. The summed E-state index contributed by atoms with van der Waals surface area (Å²) in [5.74, 6) is -1.26. The molecule has 0 aromatic heterocycles. The van der Waals surface area contributed by atoms with Crippen molar-refractivity contribution in [1.82, 2.24) is 0 Å². The molecule has 0 radical (unpaired) electrons. The summed E-state index contributed by atoms with van der Waals surface area (Å²) in [6, 6.07) is 0. The first-order valence-electron chi connectivity index (χ1n) is 7.41. The third-order valence-corrected chi connectivity index (χ3v) is 3.80. The van der Waals surface area contributed by atoms with Gasteiger partial charge in [0.05, 0.1) is 12.9 Å². The topological polar surface area (TPSA) is 55.4 Å². The second-order valence-electron chi connectivity index (χ2n) is 6.51. The fourth-order valence-corrected chi connectivity index (χ4v) is 3.00. The van der Waals surface area contributed by atoms with Gasteiger partial charge in [0.25, 0.3) is 0 Å². The van der Waals surface area contributed by atoms with Crippen LogP contribution in [0.4, 0.5) is 0 Å². The fraction of sp³-hybridized carbons (Fsp3) is 0.867. The van der Waals surface area contributed by atoms with Gasteiger partial charge in [-0.2, -0.15) is 0 Å². The van der Waals surface area contributed by atoms with E-state index >= 15 is 0 Å². The van der Waals surface area contributed by atoms with Crippen LogP contribution in [-0.2, 0) is 28.4 Å². The van der Waals surface area contributed by atoms with Gasteiger partial charge in [-0.3, -0.25) is 0 Å². The minimum Gasteiger partial charge on any atom is -0.493 e. The molecule has 3 heterocycles. The molecule has 6 heteroatoms. The number of allylic oxidation sites excluding steroid dienone is 1. The van der Waals surface area contributed by atoms with Gasteiger partial charge in [-0.15, -0.1) is 0 Å². The van der Waals surface area contributed by atoms with Gasteiger partial charge < -0.3 is 28.4 Å². The van der Waals surface area contributed by atoms with Crippen LogP contribution < -0.4 is 0 Å². The summed E-state index contributed by atoms with van der Waals surface area (Å²) in [4.78, 5) is 0. The average Bonchev–Trinajstić information content (AvgIpc) is 2.96. The summed E-state index contributed by atoms with van der Waals surface area (Å²) >= 11 is 0. The van der Waals surface area contributed by atoms with Crippen molar-refractivity contribution in [3.8, 4) is 0 Å². The highest BCUT2D eigenvalue weighted by Crippen LogP contribution is 2.41. The second-order valence-corrected chi connectivity index (χ2v) is 6.51. The van der Waals surface area contributed by atoms with Crippen molar-refractivity contribution in [2.75, 3.05) is 6.61 Å². The van der Waals surface area contributed by atoms with Crippen LogP contribution in [0.1, 0.15) is 34.6 Å². The molecule has 0 N–H and O–H groups in total. The van der Waals surface area contributed by atoms with Crippen molar-refractivity contribution in [2.45, 2.75) is 76.9 Å². The standard InChI is InChI=1S/C15H24O6/c1-6-7-16-11-10(9-8-17-14(2,3)19-9)18-13-12(11)20-15(4,5)21-13/h6-7,9-13H,8H2,1-5H3/b7-6+. The predicted molar refractivity (Wildman–Crippen MR) is 73.3 cm³/mol. The monoisotopic (exact) mass is 300 g/mol. The van der Waals surface area contributed by atoms with Crippen molar-refractivity contribution in [1.29, 1.82) is 0 Å². The number of fused-ring (bicyclic) bond motifs is 1. The van der Waals surface area contributed by atoms with E-state index in [-0.39, 0.29) is 24.4 Å². The molecule has 0 spiro atoms. The Bertz CT molecular complexity index is 418. The number of ether oxygens (including phenoxy) is 6.